The maximum absolute atomic E-state index is 12.5. The fraction of sp³-hybridized carbons (Fsp3) is 0.522. The monoisotopic (exact) mass is 370 g/mol. The molecular formula is C23H30O2S. The van der Waals surface area contributed by atoms with Gasteiger partial charge in [-0.05, 0) is 42.5 Å². The Kier molecular flexibility index (Phi) is 7.43. The van der Waals surface area contributed by atoms with Crippen molar-refractivity contribution in [2.45, 2.75) is 69.6 Å². The zero-order valence-electron chi connectivity index (χ0n) is 15.8. The molecule has 26 heavy (non-hydrogen) atoms. The lowest BCUT2D eigenvalue weighted by Gasteiger charge is -2.20. The molecule has 1 fully saturated rings. The average Bonchev–Trinajstić information content (AvgIpc) is 2.70. The highest BCUT2D eigenvalue weighted by Gasteiger charge is 2.23. The Morgan fingerprint density at radius 2 is 1.77 bits per heavy atom. The van der Waals surface area contributed by atoms with Crippen LogP contribution in [0, 0.1) is 5.92 Å². The van der Waals surface area contributed by atoms with Gasteiger partial charge in [0.05, 0.1) is 5.92 Å². The molecule has 2 aromatic rings. The van der Waals surface area contributed by atoms with Gasteiger partial charge in [0.2, 0.25) is 0 Å². The first-order chi connectivity index (χ1) is 12.8. The number of unbranched alkanes of at least 4 members (excludes halogenated alkanes) is 3. The molecule has 0 bridgehead atoms. The summed E-state index contributed by atoms with van der Waals surface area (Å²) in [6.45, 7) is 2.24. The molecule has 2 nitrogen and oxygen atoms in total. The number of carbonyl (C=O) groups is 1. The second-order valence-corrected chi connectivity index (χ2v) is 8.41. The van der Waals surface area contributed by atoms with Crippen molar-refractivity contribution in [1.82, 2.24) is 0 Å². The molecule has 0 heterocycles. The molecule has 3 rings (SSSR count). The summed E-state index contributed by atoms with van der Waals surface area (Å²) in [5.41, 5.74) is 0. The molecule has 1 saturated carbocycles. The molecule has 0 radical (unpaired) electrons. The molecule has 0 unspecified atom stereocenters. The van der Waals surface area contributed by atoms with Crippen LogP contribution in [0.4, 0.5) is 0 Å². The Labute approximate surface area is 161 Å². The van der Waals surface area contributed by atoms with Gasteiger partial charge in [0, 0.05) is 10.3 Å². The second-order valence-electron chi connectivity index (χ2n) is 7.27. The highest BCUT2D eigenvalue weighted by Crippen LogP contribution is 2.35. The quantitative estimate of drug-likeness (QED) is 0.217. The largest absolute Gasteiger partial charge is 0.426 e. The number of thioether (sulfide) groups is 1. The normalized spacial score (nSPS) is 15.3. The van der Waals surface area contributed by atoms with Crippen LogP contribution in [-0.4, -0.2) is 11.7 Å². The van der Waals surface area contributed by atoms with Crippen LogP contribution >= 0.6 is 11.8 Å². The third-order valence-corrected chi connectivity index (χ3v) is 6.41. The Bertz CT molecular complexity index is 719. The molecular weight excluding hydrogens is 340 g/mol. The third kappa shape index (κ3) is 5.03. The molecule has 1 aliphatic rings. The lowest BCUT2D eigenvalue weighted by molar-refractivity contribution is -0.139. The van der Waals surface area contributed by atoms with Gasteiger partial charge in [0.25, 0.3) is 0 Å². The lowest BCUT2D eigenvalue weighted by atomic mass is 9.89. The minimum Gasteiger partial charge on any atom is -0.426 e. The van der Waals surface area contributed by atoms with Crippen molar-refractivity contribution < 1.29 is 9.53 Å². The van der Waals surface area contributed by atoms with Crippen LogP contribution in [0.5, 0.6) is 5.75 Å². The summed E-state index contributed by atoms with van der Waals surface area (Å²) < 4.78 is 5.83. The molecule has 0 aromatic heterocycles. The zero-order chi connectivity index (χ0) is 18.2. The number of ether oxygens (including phenoxy) is 1. The predicted molar refractivity (Wildman–Crippen MR) is 111 cm³/mol. The van der Waals surface area contributed by atoms with Crippen molar-refractivity contribution in [2.75, 3.05) is 5.75 Å². The summed E-state index contributed by atoms with van der Waals surface area (Å²) in [6, 6.07) is 12.4. The molecule has 0 N–H and O–H groups in total. The van der Waals surface area contributed by atoms with E-state index in [0.29, 0.717) is 5.75 Å². The molecule has 0 atom stereocenters. The number of carbonyl (C=O) groups excluding carboxylic acids is 1. The van der Waals surface area contributed by atoms with Crippen LogP contribution in [-0.2, 0) is 4.79 Å². The van der Waals surface area contributed by atoms with Crippen molar-refractivity contribution >= 4 is 28.5 Å². The van der Waals surface area contributed by atoms with Crippen LogP contribution in [0.2, 0.25) is 0 Å². The van der Waals surface area contributed by atoms with Gasteiger partial charge in [-0.25, -0.2) is 0 Å². The van der Waals surface area contributed by atoms with Crippen LogP contribution in [0.3, 0.4) is 0 Å². The van der Waals surface area contributed by atoms with E-state index in [1.165, 1.54) is 42.4 Å². The van der Waals surface area contributed by atoms with E-state index >= 15 is 0 Å². The summed E-state index contributed by atoms with van der Waals surface area (Å²) in [5, 5.41) is 2.25. The maximum Gasteiger partial charge on any atom is 0.314 e. The number of hydrogen-bond acceptors (Lipinski definition) is 3. The van der Waals surface area contributed by atoms with E-state index in [-0.39, 0.29) is 11.9 Å². The minimum absolute atomic E-state index is 0.0465. The van der Waals surface area contributed by atoms with E-state index in [1.807, 2.05) is 23.9 Å². The summed E-state index contributed by atoms with van der Waals surface area (Å²) in [7, 11) is 0. The first-order valence-electron chi connectivity index (χ1n) is 10.2. The zero-order valence-corrected chi connectivity index (χ0v) is 16.7. The standard InChI is InChI=1S/C23H30O2S/c1-2-3-4-10-17-26-22-16-15-21(19-13-8-9-14-20(19)22)25-23(24)18-11-6-5-7-12-18/h8-9,13-16,18H,2-7,10-12,17H2,1H3. The molecule has 0 saturated heterocycles. The van der Waals surface area contributed by atoms with E-state index < -0.39 is 0 Å². The van der Waals surface area contributed by atoms with Crippen LogP contribution in [0.25, 0.3) is 10.8 Å². The smallest absolute Gasteiger partial charge is 0.314 e. The fourth-order valence-electron chi connectivity index (χ4n) is 3.70. The van der Waals surface area contributed by atoms with Crippen LogP contribution < -0.4 is 4.74 Å². The number of benzene rings is 2. The predicted octanol–water partition coefficient (Wildman–Crippen LogP) is 7.00. The molecule has 3 heteroatoms. The first kappa shape index (κ1) is 19.3. The molecule has 2 aromatic carbocycles. The van der Waals surface area contributed by atoms with E-state index in [4.69, 9.17) is 4.74 Å². The second kappa shape index (κ2) is 10.0. The number of hydrogen-bond donors (Lipinski definition) is 0. The van der Waals surface area contributed by atoms with Gasteiger partial charge in [0.15, 0.2) is 0 Å². The summed E-state index contributed by atoms with van der Waals surface area (Å²) in [6.07, 6.45) is 10.6. The molecule has 0 amide bonds. The summed E-state index contributed by atoms with van der Waals surface area (Å²) >= 11 is 1.92. The Morgan fingerprint density at radius 1 is 1.00 bits per heavy atom. The highest BCUT2D eigenvalue weighted by atomic mass is 32.2. The highest BCUT2D eigenvalue weighted by molar-refractivity contribution is 7.99. The van der Waals surface area contributed by atoms with Crippen LogP contribution in [0.15, 0.2) is 41.3 Å². The van der Waals surface area contributed by atoms with Gasteiger partial charge >= 0.3 is 5.97 Å². The van der Waals surface area contributed by atoms with Crippen molar-refractivity contribution in [3.8, 4) is 5.75 Å². The topological polar surface area (TPSA) is 26.3 Å². The molecule has 1 aliphatic carbocycles. The van der Waals surface area contributed by atoms with E-state index in [9.17, 15) is 4.79 Å². The fourth-order valence-corrected chi connectivity index (χ4v) is 4.77. The minimum atomic E-state index is -0.0465. The Hall–Kier alpha value is -1.48. The van der Waals surface area contributed by atoms with Gasteiger partial charge in [-0.15, -0.1) is 11.8 Å². The third-order valence-electron chi connectivity index (χ3n) is 5.25. The van der Waals surface area contributed by atoms with Gasteiger partial charge in [0.1, 0.15) is 5.75 Å². The summed E-state index contributed by atoms with van der Waals surface area (Å²) in [5.74, 6) is 1.89. The molecule has 140 valence electrons. The number of fused-ring (bicyclic) bond motifs is 1. The van der Waals surface area contributed by atoms with Gasteiger partial charge < -0.3 is 4.74 Å². The van der Waals surface area contributed by atoms with Crippen molar-refractivity contribution in [2.24, 2.45) is 5.92 Å². The lowest BCUT2D eigenvalue weighted by Crippen LogP contribution is -2.22. The van der Waals surface area contributed by atoms with Gasteiger partial charge in [-0.2, -0.15) is 0 Å². The van der Waals surface area contributed by atoms with E-state index in [1.54, 1.807) is 0 Å². The average molecular weight is 371 g/mol. The van der Waals surface area contributed by atoms with Crippen molar-refractivity contribution in [3.63, 3.8) is 0 Å². The molecule has 0 spiro atoms. The van der Waals surface area contributed by atoms with Gasteiger partial charge in [-0.3, -0.25) is 4.79 Å². The van der Waals surface area contributed by atoms with Gasteiger partial charge in [-0.1, -0.05) is 69.7 Å². The molecule has 0 aliphatic heterocycles. The SMILES string of the molecule is CCCCCCSc1ccc(OC(=O)C2CCCCC2)c2ccccc12. The number of esters is 1. The first-order valence-corrected chi connectivity index (χ1v) is 11.1. The maximum atomic E-state index is 12.5. The van der Waals surface area contributed by atoms with E-state index in [0.717, 1.165) is 36.8 Å². The van der Waals surface area contributed by atoms with Crippen molar-refractivity contribution in [3.05, 3.63) is 36.4 Å². The van der Waals surface area contributed by atoms with E-state index in [2.05, 4.69) is 31.2 Å². The Balaban J connectivity index is 1.71. The number of rotatable bonds is 8. The van der Waals surface area contributed by atoms with Crippen LogP contribution in [0.1, 0.15) is 64.7 Å². The van der Waals surface area contributed by atoms with Crippen molar-refractivity contribution in [1.29, 1.82) is 0 Å². The Morgan fingerprint density at radius 3 is 2.54 bits per heavy atom. The summed E-state index contributed by atoms with van der Waals surface area (Å²) in [4.78, 5) is 13.8.